The SMILES string of the molecule is O=C1C2CCN(CC2)C1C(c1ccccc1)c1cccs1. The minimum absolute atomic E-state index is 0.0403. The van der Waals surface area contributed by atoms with Crippen LogP contribution in [0.1, 0.15) is 29.2 Å². The molecule has 2 bridgehead atoms. The van der Waals surface area contributed by atoms with E-state index in [0.717, 1.165) is 25.9 Å². The van der Waals surface area contributed by atoms with Gasteiger partial charge in [0.2, 0.25) is 0 Å². The number of carbonyl (C=O) groups is 1. The summed E-state index contributed by atoms with van der Waals surface area (Å²) < 4.78 is 0. The van der Waals surface area contributed by atoms with Crippen molar-refractivity contribution >= 4 is 17.1 Å². The lowest BCUT2D eigenvalue weighted by Gasteiger charge is -2.47. The Labute approximate surface area is 129 Å². The van der Waals surface area contributed by atoms with E-state index in [4.69, 9.17) is 0 Å². The molecular formula is C18H19NOS. The van der Waals surface area contributed by atoms with Crippen LogP contribution in [0.3, 0.4) is 0 Å². The van der Waals surface area contributed by atoms with Crippen molar-refractivity contribution in [2.75, 3.05) is 13.1 Å². The molecule has 2 unspecified atom stereocenters. The van der Waals surface area contributed by atoms with Crippen LogP contribution in [-0.2, 0) is 4.79 Å². The first kappa shape index (κ1) is 13.2. The predicted octanol–water partition coefficient (Wildman–Crippen LogP) is 3.54. The molecule has 1 aromatic carbocycles. The maximum absolute atomic E-state index is 12.9. The molecule has 0 radical (unpaired) electrons. The fraction of sp³-hybridized carbons (Fsp3) is 0.389. The lowest BCUT2D eigenvalue weighted by atomic mass is 9.75. The number of hydrogen-bond acceptors (Lipinski definition) is 3. The average molecular weight is 297 g/mol. The van der Waals surface area contributed by atoms with Crippen molar-refractivity contribution in [2.24, 2.45) is 5.92 Å². The van der Waals surface area contributed by atoms with Gasteiger partial charge in [-0.3, -0.25) is 9.69 Å². The van der Waals surface area contributed by atoms with Crippen LogP contribution < -0.4 is 0 Å². The van der Waals surface area contributed by atoms with Crippen LogP contribution in [-0.4, -0.2) is 29.8 Å². The van der Waals surface area contributed by atoms with Gasteiger partial charge < -0.3 is 0 Å². The summed E-state index contributed by atoms with van der Waals surface area (Å²) in [5.41, 5.74) is 1.27. The molecule has 2 nitrogen and oxygen atoms in total. The quantitative estimate of drug-likeness (QED) is 0.863. The molecule has 3 aliphatic rings. The Morgan fingerprint density at radius 1 is 1.05 bits per heavy atom. The number of carbonyl (C=O) groups excluding carboxylic acids is 1. The van der Waals surface area contributed by atoms with Gasteiger partial charge in [0, 0.05) is 16.7 Å². The Hall–Kier alpha value is -1.45. The third kappa shape index (κ3) is 2.25. The first-order valence-electron chi connectivity index (χ1n) is 7.71. The summed E-state index contributed by atoms with van der Waals surface area (Å²) in [4.78, 5) is 16.6. The van der Waals surface area contributed by atoms with E-state index in [2.05, 4.69) is 46.7 Å². The Morgan fingerprint density at radius 3 is 2.43 bits per heavy atom. The summed E-state index contributed by atoms with van der Waals surface area (Å²) in [5, 5.41) is 2.12. The standard InChI is InChI=1S/C18H19NOS/c20-18-14-8-10-19(11-9-14)17(18)16(15-7-4-12-21-15)13-5-2-1-3-6-13/h1-7,12,14,16-17H,8-11H2. The zero-order valence-corrected chi connectivity index (χ0v) is 12.8. The molecule has 0 aliphatic carbocycles. The molecule has 1 aromatic heterocycles. The summed E-state index contributed by atoms with van der Waals surface area (Å²) in [6.45, 7) is 2.16. The molecule has 0 saturated carbocycles. The third-order valence-electron chi connectivity index (χ3n) is 4.94. The van der Waals surface area contributed by atoms with Crippen molar-refractivity contribution < 1.29 is 4.79 Å². The Kier molecular flexibility index (Phi) is 3.40. The van der Waals surface area contributed by atoms with Crippen LogP contribution in [0.25, 0.3) is 0 Å². The van der Waals surface area contributed by atoms with Gasteiger partial charge in [-0.2, -0.15) is 0 Å². The molecule has 21 heavy (non-hydrogen) atoms. The lowest BCUT2D eigenvalue weighted by molar-refractivity contribution is -0.137. The van der Waals surface area contributed by atoms with Gasteiger partial charge in [0.05, 0.1) is 6.04 Å². The summed E-state index contributed by atoms with van der Waals surface area (Å²) >= 11 is 1.77. The van der Waals surface area contributed by atoms with Crippen LogP contribution in [0.4, 0.5) is 0 Å². The first-order chi connectivity index (χ1) is 10.3. The number of Topliss-reactive ketones (excluding diaryl/α,β-unsaturated/α-hetero) is 1. The Balaban J connectivity index is 1.78. The first-order valence-corrected chi connectivity index (χ1v) is 8.58. The van der Waals surface area contributed by atoms with Crippen molar-refractivity contribution in [1.29, 1.82) is 0 Å². The summed E-state index contributed by atoms with van der Waals surface area (Å²) in [6.07, 6.45) is 2.11. The monoisotopic (exact) mass is 297 g/mol. The smallest absolute Gasteiger partial charge is 0.154 e. The molecule has 3 saturated heterocycles. The molecule has 2 aromatic rings. The summed E-state index contributed by atoms with van der Waals surface area (Å²) in [6, 6.07) is 14.9. The molecule has 0 N–H and O–H groups in total. The van der Waals surface area contributed by atoms with Gasteiger partial charge in [0.15, 0.2) is 5.78 Å². The van der Waals surface area contributed by atoms with Gasteiger partial charge in [0.25, 0.3) is 0 Å². The second kappa shape index (κ2) is 5.39. The van der Waals surface area contributed by atoms with Gasteiger partial charge in [-0.1, -0.05) is 36.4 Å². The number of thiophene rings is 1. The van der Waals surface area contributed by atoms with E-state index in [1.165, 1.54) is 10.4 Å². The Morgan fingerprint density at radius 2 is 1.81 bits per heavy atom. The predicted molar refractivity (Wildman–Crippen MR) is 85.7 cm³/mol. The highest BCUT2D eigenvalue weighted by atomic mass is 32.1. The van der Waals surface area contributed by atoms with Crippen LogP contribution >= 0.6 is 11.3 Å². The van der Waals surface area contributed by atoms with Gasteiger partial charge in [-0.25, -0.2) is 0 Å². The molecule has 2 atom stereocenters. The number of nitrogens with zero attached hydrogens (tertiary/aromatic N) is 1. The minimum Gasteiger partial charge on any atom is -0.298 e. The molecule has 0 spiro atoms. The molecule has 3 aliphatic heterocycles. The summed E-state index contributed by atoms with van der Waals surface area (Å²) in [5.74, 6) is 0.961. The molecule has 4 heterocycles. The van der Waals surface area contributed by atoms with Crippen molar-refractivity contribution in [1.82, 2.24) is 4.90 Å². The van der Waals surface area contributed by atoms with Crippen molar-refractivity contribution in [2.45, 2.75) is 24.8 Å². The van der Waals surface area contributed by atoms with Gasteiger partial charge >= 0.3 is 0 Å². The molecule has 5 rings (SSSR count). The highest BCUT2D eigenvalue weighted by Crippen LogP contribution is 2.40. The van der Waals surface area contributed by atoms with E-state index in [-0.39, 0.29) is 12.0 Å². The topological polar surface area (TPSA) is 20.3 Å². The zero-order valence-electron chi connectivity index (χ0n) is 11.9. The summed E-state index contributed by atoms with van der Waals surface area (Å²) in [7, 11) is 0. The number of piperidine rings is 3. The molecule has 3 fully saturated rings. The van der Waals surface area contributed by atoms with E-state index in [0.29, 0.717) is 11.7 Å². The number of rotatable bonds is 3. The fourth-order valence-corrected chi connectivity index (χ4v) is 4.77. The highest BCUT2D eigenvalue weighted by Gasteiger charge is 2.45. The molecular weight excluding hydrogens is 278 g/mol. The maximum Gasteiger partial charge on any atom is 0.154 e. The third-order valence-corrected chi connectivity index (χ3v) is 5.90. The maximum atomic E-state index is 12.9. The van der Waals surface area contributed by atoms with E-state index >= 15 is 0 Å². The van der Waals surface area contributed by atoms with Gasteiger partial charge in [-0.15, -0.1) is 11.3 Å². The second-order valence-electron chi connectivity index (χ2n) is 6.06. The number of hydrogen-bond donors (Lipinski definition) is 0. The minimum atomic E-state index is 0.0403. The van der Waals surface area contributed by atoms with E-state index in [1.54, 1.807) is 11.3 Å². The van der Waals surface area contributed by atoms with Crippen LogP contribution in [0.2, 0.25) is 0 Å². The van der Waals surface area contributed by atoms with Crippen molar-refractivity contribution in [3.8, 4) is 0 Å². The average Bonchev–Trinajstić information content (AvgIpc) is 3.06. The van der Waals surface area contributed by atoms with E-state index in [9.17, 15) is 4.79 Å². The second-order valence-corrected chi connectivity index (χ2v) is 7.04. The normalized spacial score (nSPS) is 29.5. The molecule has 3 heteroatoms. The largest absolute Gasteiger partial charge is 0.298 e. The number of fused-ring (bicyclic) bond motifs is 3. The molecule has 108 valence electrons. The van der Waals surface area contributed by atoms with Gasteiger partial charge in [-0.05, 0) is 42.9 Å². The Bertz CT molecular complexity index is 614. The number of ketones is 1. The van der Waals surface area contributed by atoms with Crippen LogP contribution in [0.5, 0.6) is 0 Å². The lowest BCUT2D eigenvalue weighted by Crippen LogP contribution is -2.57. The van der Waals surface area contributed by atoms with E-state index in [1.807, 2.05) is 6.07 Å². The molecule has 0 amide bonds. The highest BCUT2D eigenvalue weighted by molar-refractivity contribution is 7.10. The van der Waals surface area contributed by atoms with Crippen LogP contribution in [0.15, 0.2) is 47.8 Å². The van der Waals surface area contributed by atoms with Crippen molar-refractivity contribution in [3.05, 3.63) is 58.3 Å². The fourth-order valence-electron chi connectivity index (χ4n) is 3.89. The van der Waals surface area contributed by atoms with E-state index < -0.39 is 0 Å². The number of benzene rings is 1. The van der Waals surface area contributed by atoms with Crippen LogP contribution in [0, 0.1) is 5.92 Å². The van der Waals surface area contributed by atoms with Crippen molar-refractivity contribution in [3.63, 3.8) is 0 Å². The zero-order chi connectivity index (χ0) is 14.2. The van der Waals surface area contributed by atoms with Gasteiger partial charge in [0.1, 0.15) is 0 Å².